The molecular formula is C28H42N4O4. The Bertz CT molecular complexity index is 911. The Hall–Kier alpha value is -2.68. The molecule has 0 N–H and O–H groups in total. The summed E-state index contributed by atoms with van der Waals surface area (Å²) >= 11 is 0. The number of carbonyl (C=O) groups is 2. The molecule has 0 spiro atoms. The predicted molar refractivity (Wildman–Crippen MR) is 141 cm³/mol. The van der Waals surface area contributed by atoms with Crippen molar-refractivity contribution in [3.8, 4) is 0 Å². The van der Waals surface area contributed by atoms with Gasteiger partial charge in [-0.15, -0.1) is 0 Å². The Kier molecular flexibility index (Phi) is 12.0. The number of carbonyl (C=O) groups excluding carboxylic acids is 2. The topological polar surface area (TPSA) is 67.2 Å². The third kappa shape index (κ3) is 9.08. The van der Waals surface area contributed by atoms with Crippen LogP contribution in [-0.4, -0.2) is 97.3 Å². The molecule has 1 fully saturated rings. The van der Waals surface area contributed by atoms with E-state index >= 15 is 0 Å². The summed E-state index contributed by atoms with van der Waals surface area (Å²) < 4.78 is 12.9. The van der Waals surface area contributed by atoms with Gasteiger partial charge in [0.1, 0.15) is 0 Å². The molecular weight excluding hydrogens is 456 g/mol. The zero-order chi connectivity index (χ0) is 25.6. The minimum absolute atomic E-state index is 0.0497. The van der Waals surface area contributed by atoms with Gasteiger partial charge >= 0.3 is 0 Å². The molecule has 198 valence electrons. The van der Waals surface area contributed by atoms with Gasteiger partial charge in [-0.3, -0.25) is 14.5 Å². The lowest BCUT2D eigenvalue weighted by Gasteiger charge is -2.31. The van der Waals surface area contributed by atoms with Gasteiger partial charge in [0.15, 0.2) is 0 Å². The Morgan fingerprint density at radius 1 is 1.00 bits per heavy atom. The summed E-state index contributed by atoms with van der Waals surface area (Å²) in [5.41, 5.74) is 2.26. The minimum Gasteiger partial charge on any atom is -0.383 e. The van der Waals surface area contributed by atoms with Crippen molar-refractivity contribution >= 4 is 11.8 Å². The number of hydrogen-bond acceptors (Lipinski definition) is 5. The number of methoxy groups -OCH3 is 1. The average Bonchev–Trinajstić information content (AvgIpc) is 3.34. The molecule has 3 rings (SSSR count). The van der Waals surface area contributed by atoms with Gasteiger partial charge < -0.3 is 23.8 Å². The second-order valence-corrected chi connectivity index (χ2v) is 9.29. The number of unbranched alkanes of at least 4 members (excludes halogenated alkanes) is 1. The van der Waals surface area contributed by atoms with E-state index in [4.69, 9.17) is 9.47 Å². The largest absolute Gasteiger partial charge is 0.383 e. The highest BCUT2D eigenvalue weighted by molar-refractivity contribution is 5.84. The Morgan fingerprint density at radius 3 is 2.50 bits per heavy atom. The first-order chi connectivity index (χ1) is 17.6. The van der Waals surface area contributed by atoms with Crippen molar-refractivity contribution in [1.82, 2.24) is 19.3 Å². The molecule has 0 atom stereocenters. The first kappa shape index (κ1) is 27.9. The maximum atomic E-state index is 13.5. The Labute approximate surface area is 215 Å². The first-order valence-corrected chi connectivity index (χ1v) is 13.1. The van der Waals surface area contributed by atoms with E-state index in [0.717, 1.165) is 57.9 Å². The third-order valence-electron chi connectivity index (χ3n) is 6.60. The van der Waals surface area contributed by atoms with Crippen LogP contribution in [0.2, 0.25) is 0 Å². The van der Waals surface area contributed by atoms with Crippen LogP contribution in [0, 0.1) is 0 Å². The molecule has 0 radical (unpaired) electrons. The molecule has 8 nitrogen and oxygen atoms in total. The van der Waals surface area contributed by atoms with E-state index in [2.05, 4.69) is 34.6 Å². The molecule has 1 aromatic carbocycles. The highest BCUT2D eigenvalue weighted by atomic mass is 16.5. The standard InChI is InChI=1S/C28H42N4O4/c1-3-4-12-27(33)31(15-14-29-16-20-36-21-17-29)24-28(34)32(18-19-35-2)23-26-11-8-13-30(26)22-25-9-6-5-7-10-25/h5-11,13H,3-4,12,14-24H2,1-2H3. The zero-order valence-corrected chi connectivity index (χ0v) is 21.9. The molecule has 1 saturated heterocycles. The number of rotatable bonds is 15. The fourth-order valence-electron chi connectivity index (χ4n) is 4.34. The number of benzene rings is 1. The lowest BCUT2D eigenvalue weighted by molar-refractivity contribution is -0.141. The summed E-state index contributed by atoms with van der Waals surface area (Å²) in [5.74, 6) is 0.00365. The molecule has 0 unspecified atom stereocenters. The summed E-state index contributed by atoms with van der Waals surface area (Å²) in [6.45, 7) is 8.79. The molecule has 0 saturated carbocycles. The van der Waals surface area contributed by atoms with E-state index in [9.17, 15) is 9.59 Å². The molecule has 2 heterocycles. The molecule has 36 heavy (non-hydrogen) atoms. The number of nitrogens with zero attached hydrogens (tertiary/aromatic N) is 4. The molecule has 8 heteroatoms. The van der Waals surface area contributed by atoms with Crippen molar-refractivity contribution in [2.45, 2.75) is 39.3 Å². The second kappa shape index (κ2) is 15.4. The summed E-state index contributed by atoms with van der Waals surface area (Å²) in [7, 11) is 1.64. The van der Waals surface area contributed by atoms with Crippen LogP contribution in [0.1, 0.15) is 37.4 Å². The van der Waals surface area contributed by atoms with E-state index in [1.54, 1.807) is 12.0 Å². The quantitative estimate of drug-likeness (QED) is 0.378. The second-order valence-electron chi connectivity index (χ2n) is 9.29. The number of morpholine rings is 1. The Morgan fingerprint density at radius 2 is 1.78 bits per heavy atom. The molecule has 2 aromatic rings. The van der Waals surface area contributed by atoms with Gasteiger partial charge in [0.25, 0.3) is 0 Å². The summed E-state index contributed by atoms with van der Waals surface area (Å²) in [4.78, 5) is 32.4. The highest BCUT2D eigenvalue weighted by Crippen LogP contribution is 2.12. The van der Waals surface area contributed by atoms with Gasteiger partial charge in [-0.25, -0.2) is 0 Å². The summed E-state index contributed by atoms with van der Waals surface area (Å²) in [6, 6.07) is 14.4. The van der Waals surface area contributed by atoms with Crippen LogP contribution < -0.4 is 0 Å². The molecule has 2 amide bonds. The van der Waals surface area contributed by atoms with E-state index in [0.29, 0.717) is 32.7 Å². The number of amides is 2. The minimum atomic E-state index is -0.0497. The van der Waals surface area contributed by atoms with Gasteiger partial charge in [-0.1, -0.05) is 43.7 Å². The molecule has 0 aliphatic carbocycles. The van der Waals surface area contributed by atoms with Crippen molar-refractivity contribution in [2.24, 2.45) is 0 Å². The Balaban J connectivity index is 1.67. The summed E-state index contributed by atoms with van der Waals surface area (Å²) in [5, 5.41) is 0. The van der Waals surface area contributed by atoms with Crippen LogP contribution in [0.4, 0.5) is 0 Å². The SMILES string of the molecule is CCCCC(=O)N(CCN1CCOCC1)CC(=O)N(CCOC)Cc1cccn1Cc1ccccc1. The fourth-order valence-corrected chi connectivity index (χ4v) is 4.34. The van der Waals surface area contributed by atoms with Crippen molar-refractivity contribution in [3.05, 3.63) is 59.9 Å². The van der Waals surface area contributed by atoms with Crippen molar-refractivity contribution in [2.75, 3.05) is 66.2 Å². The van der Waals surface area contributed by atoms with E-state index in [-0.39, 0.29) is 18.4 Å². The smallest absolute Gasteiger partial charge is 0.242 e. The van der Waals surface area contributed by atoms with Crippen LogP contribution in [0.15, 0.2) is 48.7 Å². The monoisotopic (exact) mass is 498 g/mol. The van der Waals surface area contributed by atoms with Gasteiger partial charge in [-0.05, 0) is 24.1 Å². The van der Waals surface area contributed by atoms with Crippen molar-refractivity contribution in [3.63, 3.8) is 0 Å². The maximum Gasteiger partial charge on any atom is 0.242 e. The van der Waals surface area contributed by atoms with E-state index in [1.165, 1.54) is 5.56 Å². The van der Waals surface area contributed by atoms with Crippen molar-refractivity contribution < 1.29 is 19.1 Å². The lowest BCUT2D eigenvalue weighted by atomic mass is 10.2. The van der Waals surface area contributed by atoms with Crippen LogP contribution >= 0.6 is 0 Å². The van der Waals surface area contributed by atoms with Crippen LogP contribution in [0.5, 0.6) is 0 Å². The number of aromatic nitrogens is 1. The van der Waals surface area contributed by atoms with Gasteiger partial charge in [0.05, 0.1) is 32.9 Å². The average molecular weight is 499 g/mol. The van der Waals surface area contributed by atoms with Gasteiger partial charge in [0, 0.05) is 64.7 Å². The third-order valence-corrected chi connectivity index (χ3v) is 6.60. The predicted octanol–water partition coefficient (Wildman–Crippen LogP) is 2.86. The van der Waals surface area contributed by atoms with E-state index < -0.39 is 0 Å². The van der Waals surface area contributed by atoms with Gasteiger partial charge in [0.2, 0.25) is 11.8 Å². The maximum absolute atomic E-state index is 13.5. The van der Waals surface area contributed by atoms with E-state index in [1.807, 2.05) is 35.4 Å². The van der Waals surface area contributed by atoms with Crippen LogP contribution in [-0.2, 0) is 32.2 Å². The first-order valence-electron chi connectivity index (χ1n) is 13.1. The van der Waals surface area contributed by atoms with Crippen LogP contribution in [0.3, 0.4) is 0 Å². The highest BCUT2D eigenvalue weighted by Gasteiger charge is 2.23. The summed E-state index contributed by atoms with van der Waals surface area (Å²) in [6.07, 6.45) is 4.31. The van der Waals surface area contributed by atoms with Gasteiger partial charge in [-0.2, -0.15) is 0 Å². The zero-order valence-electron chi connectivity index (χ0n) is 21.9. The fraction of sp³-hybridized carbons (Fsp3) is 0.571. The lowest BCUT2D eigenvalue weighted by Crippen LogP contribution is -2.47. The number of ether oxygens (including phenoxy) is 2. The number of hydrogen-bond donors (Lipinski definition) is 0. The molecule has 1 aliphatic rings. The van der Waals surface area contributed by atoms with Crippen LogP contribution in [0.25, 0.3) is 0 Å². The molecule has 1 aliphatic heterocycles. The van der Waals surface area contributed by atoms with Crippen molar-refractivity contribution in [1.29, 1.82) is 0 Å². The molecule has 1 aromatic heterocycles. The normalized spacial score (nSPS) is 14.1. The molecule has 0 bridgehead atoms.